The Bertz CT molecular complexity index is 547. The number of carbonyl (C=O) groups excluding carboxylic acids is 1. The van der Waals surface area contributed by atoms with Crippen molar-refractivity contribution in [1.82, 2.24) is 5.06 Å². The van der Waals surface area contributed by atoms with Crippen LogP contribution in [0.1, 0.15) is 92.4 Å². The van der Waals surface area contributed by atoms with E-state index in [0.29, 0.717) is 18.8 Å². The summed E-state index contributed by atoms with van der Waals surface area (Å²) in [5.74, 6) is 0.478. The number of nitrogens with zero attached hydrogens (tertiary/aromatic N) is 1. The zero-order valence-corrected chi connectivity index (χ0v) is 16.8. The molecule has 0 aromatic carbocycles. The maximum Gasteiger partial charge on any atom is 0.138 e. The van der Waals surface area contributed by atoms with Crippen molar-refractivity contribution in [2.24, 2.45) is 17.3 Å². The molecule has 2 saturated carbocycles. The minimum Gasteiger partial charge on any atom is -0.389 e. The average Bonchev–Trinajstić information content (AvgIpc) is 2.52. The summed E-state index contributed by atoms with van der Waals surface area (Å²) in [7, 11) is 0. The van der Waals surface area contributed by atoms with Crippen LogP contribution in [0, 0.1) is 17.3 Å². The van der Waals surface area contributed by atoms with Gasteiger partial charge in [-0.05, 0) is 83.5 Å². The Morgan fingerprint density at radius 2 is 1.80 bits per heavy atom. The first-order valence-electron chi connectivity index (χ1n) is 10.2. The predicted octanol–water partition coefficient (Wildman–Crippen LogP) is 4.33. The maximum atomic E-state index is 12.2. The van der Waals surface area contributed by atoms with Gasteiger partial charge in [-0.1, -0.05) is 13.8 Å². The number of hydrogen-bond acceptors (Lipinski definition) is 4. The van der Waals surface area contributed by atoms with E-state index >= 15 is 0 Å². The molecule has 1 heterocycles. The number of ketones is 1. The van der Waals surface area contributed by atoms with Crippen LogP contribution in [0.3, 0.4) is 0 Å². The van der Waals surface area contributed by atoms with Crippen molar-refractivity contribution >= 4 is 5.78 Å². The number of carbonyl (C=O) groups is 1. The van der Waals surface area contributed by atoms with Gasteiger partial charge in [0, 0.05) is 23.4 Å². The molecule has 5 atom stereocenters. The van der Waals surface area contributed by atoms with Crippen LogP contribution < -0.4 is 0 Å². The average molecular weight is 352 g/mol. The van der Waals surface area contributed by atoms with Crippen molar-refractivity contribution in [2.45, 2.75) is 109 Å². The summed E-state index contributed by atoms with van der Waals surface area (Å²) in [5.41, 5.74) is -1.37. The molecule has 1 saturated heterocycles. The molecule has 0 spiro atoms. The quantitative estimate of drug-likeness (QED) is 0.777. The molecular formula is C21H37NO3. The molecule has 3 aliphatic rings. The molecule has 2 N–H and O–H groups in total. The predicted molar refractivity (Wildman–Crippen MR) is 98.4 cm³/mol. The molecule has 0 bridgehead atoms. The molecule has 2 unspecified atom stereocenters. The van der Waals surface area contributed by atoms with Crippen molar-refractivity contribution in [2.75, 3.05) is 0 Å². The van der Waals surface area contributed by atoms with Crippen molar-refractivity contribution in [1.29, 1.82) is 0 Å². The summed E-state index contributed by atoms with van der Waals surface area (Å²) in [4.78, 5) is 12.2. The van der Waals surface area contributed by atoms with Crippen LogP contribution in [0.25, 0.3) is 0 Å². The molecule has 0 aromatic rings. The summed E-state index contributed by atoms with van der Waals surface area (Å²) in [6.45, 7) is 10.6. The lowest BCUT2D eigenvalue weighted by atomic mass is 9.51. The number of aliphatic hydroxyl groups is 1. The van der Waals surface area contributed by atoms with Crippen LogP contribution >= 0.6 is 0 Å². The molecular weight excluding hydrogens is 314 g/mol. The van der Waals surface area contributed by atoms with E-state index in [9.17, 15) is 15.1 Å². The smallest absolute Gasteiger partial charge is 0.138 e. The van der Waals surface area contributed by atoms with Gasteiger partial charge < -0.3 is 10.3 Å². The van der Waals surface area contributed by atoms with Crippen LogP contribution in [0.15, 0.2) is 0 Å². The molecule has 144 valence electrons. The van der Waals surface area contributed by atoms with Crippen LogP contribution in [-0.2, 0) is 4.79 Å². The Balaban J connectivity index is 1.76. The van der Waals surface area contributed by atoms with Crippen LogP contribution in [0.4, 0.5) is 0 Å². The van der Waals surface area contributed by atoms with Gasteiger partial charge in [-0.2, -0.15) is 5.06 Å². The highest BCUT2D eigenvalue weighted by molar-refractivity contribution is 5.83. The molecule has 0 amide bonds. The van der Waals surface area contributed by atoms with Gasteiger partial charge in [0.25, 0.3) is 0 Å². The Hall–Kier alpha value is -0.450. The van der Waals surface area contributed by atoms with E-state index in [1.807, 2.05) is 6.92 Å². The molecule has 2 aliphatic carbocycles. The summed E-state index contributed by atoms with van der Waals surface area (Å²) in [5, 5.41) is 23.8. The SMILES string of the molecule is C[C@H]1C(=O)CC[C@@]2(C)CC(CC3(C)CCCC(C)(C)N3O)CC[C@@]12O. The third-order valence-electron chi connectivity index (χ3n) is 8.16. The molecule has 25 heavy (non-hydrogen) atoms. The van der Waals surface area contributed by atoms with E-state index in [2.05, 4.69) is 27.7 Å². The summed E-state index contributed by atoms with van der Waals surface area (Å²) in [6, 6.07) is 0. The Kier molecular flexibility index (Phi) is 4.66. The highest BCUT2D eigenvalue weighted by Gasteiger charge is 2.58. The number of hydrogen-bond donors (Lipinski definition) is 2. The second kappa shape index (κ2) is 6.03. The lowest BCUT2D eigenvalue weighted by Crippen LogP contribution is -2.62. The first-order valence-corrected chi connectivity index (χ1v) is 10.2. The summed E-state index contributed by atoms with van der Waals surface area (Å²) in [6.07, 6.45) is 8.21. The molecule has 0 radical (unpaired) electrons. The minimum absolute atomic E-state index is 0.169. The van der Waals surface area contributed by atoms with Gasteiger partial charge >= 0.3 is 0 Å². The van der Waals surface area contributed by atoms with Gasteiger partial charge in [-0.3, -0.25) is 4.79 Å². The van der Waals surface area contributed by atoms with E-state index in [4.69, 9.17) is 0 Å². The van der Waals surface area contributed by atoms with Gasteiger partial charge in [-0.15, -0.1) is 0 Å². The molecule has 1 aliphatic heterocycles. The zero-order chi connectivity index (χ0) is 18.7. The van der Waals surface area contributed by atoms with Crippen LogP contribution in [-0.4, -0.2) is 37.8 Å². The van der Waals surface area contributed by atoms with Crippen molar-refractivity contribution in [3.8, 4) is 0 Å². The number of rotatable bonds is 2. The van der Waals surface area contributed by atoms with Crippen molar-refractivity contribution in [3.63, 3.8) is 0 Å². The third kappa shape index (κ3) is 2.98. The molecule has 0 aromatic heterocycles. The van der Waals surface area contributed by atoms with E-state index in [1.54, 1.807) is 5.06 Å². The van der Waals surface area contributed by atoms with E-state index in [1.165, 1.54) is 0 Å². The van der Waals surface area contributed by atoms with Gasteiger partial charge in [0.05, 0.1) is 5.60 Å². The fraction of sp³-hybridized carbons (Fsp3) is 0.952. The summed E-state index contributed by atoms with van der Waals surface area (Å²) < 4.78 is 0. The first-order chi connectivity index (χ1) is 11.4. The molecule has 3 rings (SSSR count). The Labute approximate surface area is 152 Å². The standard InChI is InChI=1S/C21H37NO3/c1-15-17(23)8-11-19(4)13-16(7-12-21(15,19)24)14-20(5)10-6-9-18(2,3)22(20)25/h15-16,24-25H,6-14H2,1-5H3/t15-,16?,19-,20?,21+/m0/s1. The van der Waals surface area contributed by atoms with Crippen LogP contribution in [0.2, 0.25) is 0 Å². The highest BCUT2D eigenvalue weighted by atomic mass is 16.5. The Morgan fingerprint density at radius 3 is 2.48 bits per heavy atom. The normalized spacial score (nSPS) is 48.2. The van der Waals surface area contributed by atoms with Crippen LogP contribution in [0.5, 0.6) is 0 Å². The molecule has 4 heteroatoms. The Morgan fingerprint density at radius 1 is 1.12 bits per heavy atom. The van der Waals surface area contributed by atoms with Crippen molar-refractivity contribution < 1.29 is 15.1 Å². The fourth-order valence-corrected chi connectivity index (χ4v) is 6.41. The monoisotopic (exact) mass is 351 g/mol. The number of piperidine rings is 1. The zero-order valence-electron chi connectivity index (χ0n) is 16.8. The third-order valence-corrected chi connectivity index (χ3v) is 8.16. The fourth-order valence-electron chi connectivity index (χ4n) is 6.41. The summed E-state index contributed by atoms with van der Waals surface area (Å²) >= 11 is 0. The maximum absolute atomic E-state index is 12.2. The van der Waals surface area contributed by atoms with Gasteiger partial charge in [0.15, 0.2) is 0 Å². The van der Waals surface area contributed by atoms with E-state index in [-0.39, 0.29) is 28.2 Å². The number of fused-ring (bicyclic) bond motifs is 1. The van der Waals surface area contributed by atoms with Crippen molar-refractivity contribution in [3.05, 3.63) is 0 Å². The highest BCUT2D eigenvalue weighted by Crippen LogP contribution is 2.57. The lowest BCUT2D eigenvalue weighted by molar-refractivity contribution is -0.255. The second-order valence-corrected chi connectivity index (χ2v) is 10.5. The topological polar surface area (TPSA) is 60.8 Å². The van der Waals surface area contributed by atoms with Gasteiger partial charge in [0.1, 0.15) is 5.78 Å². The minimum atomic E-state index is -0.843. The molecule has 4 nitrogen and oxygen atoms in total. The van der Waals surface area contributed by atoms with E-state index < -0.39 is 5.60 Å². The molecule has 3 fully saturated rings. The second-order valence-electron chi connectivity index (χ2n) is 10.5. The number of hydroxylamine groups is 2. The largest absolute Gasteiger partial charge is 0.389 e. The first kappa shape index (κ1) is 19.3. The van der Waals surface area contributed by atoms with Gasteiger partial charge in [-0.25, -0.2) is 0 Å². The van der Waals surface area contributed by atoms with Gasteiger partial charge in [0.2, 0.25) is 0 Å². The lowest BCUT2D eigenvalue weighted by Gasteiger charge is -2.58. The number of Topliss-reactive ketones (excluding diaryl/α,β-unsaturated/α-hetero) is 1. The van der Waals surface area contributed by atoms with E-state index in [0.717, 1.165) is 44.9 Å².